The minimum atomic E-state index is -0.406. The van der Waals surface area contributed by atoms with E-state index in [2.05, 4.69) is 5.32 Å². The van der Waals surface area contributed by atoms with E-state index < -0.39 is 4.92 Å². The third-order valence-electron chi connectivity index (χ3n) is 1.45. The van der Waals surface area contributed by atoms with Crippen LogP contribution in [0.5, 0.6) is 0 Å². The fraction of sp³-hybridized carbons (Fsp3) is 0.800. The van der Waals surface area contributed by atoms with Crippen LogP contribution in [0.25, 0.3) is 0 Å². The summed E-state index contributed by atoms with van der Waals surface area (Å²) in [7, 11) is 0. The van der Waals surface area contributed by atoms with Crippen molar-refractivity contribution in [3.63, 3.8) is 0 Å². The molecule has 1 amide bonds. The average Bonchev–Trinajstić information content (AvgIpc) is 2.13. The summed E-state index contributed by atoms with van der Waals surface area (Å²) in [5.41, 5.74) is 0. The molecule has 0 aliphatic carbocycles. The van der Waals surface area contributed by atoms with Gasteiger partial charge in [0.1, 0.15) is 0 Å². The monoisotopic (exact) mass is 144 g/mol. The lowest BCUT2D eigenvalue weighted by atomic mass is 10.2. The number of nitro groups is 1. The van der Waals surface area contributed by atoms with Gasteiger partial charge in [0, 0.05) is 11.3 Å². The quantitative estimate of drug-likeness (QED) is 0.421. The molecule has 0 aromatic carbocycles. The summed E-state index contributed by atoms with van der Waals surface area (Å²) < 4.78 is 0. The van der Waals surface area contributed by atoms with Crippen molar-refractivity contribution in [3.8, 4) is 0 Å². The molecule has 1 aliphatic rings. The van der Waals surface area contributed by atoms with Gasteiger partial charge < -0.3 is 5.32 Å². The highest BCUT2D eigenvalue weighted by Gasteiger charge is 2.24. The zero-order valence-corrected chi connectivity index (χ0v) is 5.37. The minimum absolute atomic E-state index is 0.0770. The van der Waals surface area contributed by atoms with E-state index >= 15 is 0 Å². The highest BCUT2D eigenvalue weighted by molar-refractivity contribution is 5.78. The van der Waals surface area contributed by atoms with Crippen molar-refractivity contribution in [2.45, 2.75) is 18.9 Å². The van der Waals surface area contributed by atoms with Crippen molar-refractivity contribution in [1.29, 1.82) is 0 Å². The molecule has 1 N–H and O–H groups in total. The van der Waals surface area contributed by atoms with Crippen molar-refractivity contribution in [1.82, 2.24) is 5.32 Å². The Labute approximate surface area is 57.6 Å². The predicted molar refractivity (Wildman–Crippen MR) is 33.0 cm³/mol. The maximum atomic E-state index is 10.5. The number of amides is 1. The standard InChI is InChI=1S/C5H8N2O3/c8-5-2-1-4(6-5)3-7(9)10/h4H,1-3H2,(H,6,8). The first-order valence-electron chi connectivity index (χ1n) is 3.09. The lowest BCUT2D eigenvalue weighted by Gasteiger charge is -2.01. The van der Waals surface area contributed by atoms with Crippen LogP contribution in [0.3, 0.4) is 0 Å². The van der Waals surface area contributed by atoms with Crippen LogP contribution in [0.2, 0.25) is 0 Å². The van der Waals surface area contributed by atoms with E-state index in [4.69, 9.17) is 0 Å². The van der Waals surface area contributed by atoms with E-state index in [-0.39, 0.29) is 18.5 Å². The van der Waals surface area contributed by atoms with Crippen LogP contribution in [0, 0.1) is 10.1 Å². The number of nitrogens with one attached hydrogen (secondary N) is 1. The van der Waals surface area contributed by atoms with Crippen molar-refractivity contribution in [2.75, 3.05) is 6.54 Å². The number of nitrogens with zero attached hydrogens (tertiary/aromatic N) is 1. The maximum absolute atomic E-state index is 10.5. The highest BCUT2D eigenvalue weighted by atomic mass is 16.6. The molecule has 0 aromatic rings. The number of hydrogen-bond acceptors (Lipinski definition) is 3. The Morgan fingerprint density at radius 1 is 1.80 bits per heavy atom. The molecule has 56 valence electrons. The van der Waals surface area contributed by atoms with Gasteiger partial charge in [-0.15, -0.1) is 0 Å². The molecule has 1 saturated heterocycles. The van der Waals surface area contributed by atoms with Crippen molar-refractivity contribution < 1.29 is 9.72 Å². The molecule has 1 unspecified atom stereocenters. The van der Waals surface area contributed by atoms with Gasteiger partial charge in [0.05, 0.1) is 6.04 Å². The van der Waals surface area contributed by atoms with E-state index in [1.807, 2.05) is 0 Å². The summed E-state index contributed by atoms with van der Waals surface area (Å²) in [6.07, 6.45) is 1.03. The van der Waals surface area contributed by atoms with Crippen molar-refractivity contribution >= 4 is 5.91 Å². The SMILES string of the molecule is O=C1CCC(C[N+](=O)[O-])N1. The molecule has 0 bridgehead atoms. The smallest absolute Gasteiger partial charge is 0.223 e. The first kappa shape index (κ1) is 6.98. The van der Waals surface area contributed by atoms with Crippen LogP contribution in [-0.4, -0.2) is 23.4 Å². The van der Waals surface area contributed by atoms with Gasteiger partial charge in [0.25, 0.3) is 0 Å². The van der Waals surface area contributed by atoms with E-state index in [1.54, 1.807) is 0 Å². The Balaban J connectivity index is 2.31. The summed E-state index contributed by atoms with van der Waals surface area (Å²) in [4.78, 5) is 20.0. The minimum Gasteiger partial charge on any atom is -0.347 e. The Kier molecular flexibility index (Phi) is 1.84. The largest absolute Gasteiger partial charge is 0.347 e. The fourth-order valence-corrected chi connectivity index (χ4v) is 0.994. The summed E-state index contributed by atoms with van der Waals surface area (Å²) in [6, 6.07) is -0.234. The van der Waals surface area contributed by atoms with Gasteiger partial charge in [-0.1, -0.05) is 0 Å². The molecule has 10 heavy (non-hydrogen) atoms. The second-order valence-electron chi connectivity index (χ2n) is 2.32. The van der Waals surface area contributed by atoms with Gasteiger partial charge in [-0.25, -0.2) is 0 Å². The maximum Gasteiger partial charge on any atom is 0.223 e. The van der Waals surface area contributed by atoms with Crippen LogP contribution < -0.4 is 5.32 Å². The molecular formula is C5H8N2O3. The first-order chi connectivity index (χ1) is 4.68. The van der Waals surface area contributed by atoms with E-state index in [0.717, 1.165) is 0 Å². The van der Waals surface area contributed by atoms with Crippen LogP contribution in [0.15, 0.2) is 0 Å². The molecule has 0 radical (unpaired) electrons. The third-order valence-corrected chi connectivity index (χ3v) is 1.45. The zero-order valence-electron chi connectivity index (χ0n) is 5.37. The van der Waals surface area contributed by atoms with Crippen LogP contribution in [-0.2, 0) is 4.79 Å². The second kappa shape index (κ2) is 2.64. The van der Waals surface area contributed by atoms with Crippen molar-refractivity contribution in [3.05, 3.63) is 10.1 Å². The number of rotatable bonds is 2. The van der Waals surface area contributed by atoms with Gasteiger partial charge in [-0.3, -0.25) is 14.9 Å². The third kappa shape index (κ3) is 1.68. The zero-order chi connectivity index (χ0) is 7.56. The molecule has 1 rings (SSSR count). The van der Waals surface area contributed by atoms with Gasteiger partial charge in [-0.2, -0.15) is 0 Å². The van der Waals surface area contributed by atoms with E-state index in [1.165, 1.54) is 0 Å². The first-order valence-corrected chi connectivity index (χ1v) is 3.09. The van der Waals surface area contributed by atoms with Gasteiger partial charge in [0.2, 0.25) is 12.5 Å². The average molecular weight is 144 g/mol. The van der Waals surface area contributed by atoms with Crippen LogP contribution in [0.4, 0.5) is 0 Å². The van der Waals surface area contributed by atoms with Gasteiger partial charge in [0.15, 0.2) is 0 Å². The fourth-order valence-electron chi connectivity index (χ4n) is 0.994. The Hall–Kier alpha value is -1.13. The van der Waals surface area contributed by atoms with Gasteiger partial charge >= 0.3 is 0 Å². The predicted octanol–water partition coefficient (Wildman–Crippen LogP) is -0.458. The lowest BCUT2D eigenvalue weighted by Crippen LogP contribution is -2.31. The molecule has 5 nitrogen and oxygen atoms in total. The Morgan fingerprint density at radius 2 is 2.50 bits per heavy atom. The topological polar surface area (TPSA) is 72.2 Å². The second-order valence-corrected chi connectivity index (χ2v) is 2.32. The Bertz CT molecular complexity index is 168. The lowest BCUT2D eigenvalue weighted by molar-refractivity contribution is -0.483. The molecule has 0 saturated carbocycles. The molecule has 5 heteroatoms. The molecular weight excluding hydrogens is 136 g/mol. The Morgan fingerprint density at radius 3 is 2.90 bits per heavy atom. The number of carbonyl (C=O) groups is 1. The molecule has 1 heterocycles. The summed E-state index contributed by atoms with van der Waals surface area (Å²) in [5, 5.41) is 12.4. The van der Waals surface area contributed by atoms with Gasteiger partial charge in [-0.05, 0) is 6.42 Å². The number of carbonyl (C=O) groups excluding carboxylic acids is 1. The summed E-state index contributed by atoms with van der Waals surface area (Å²) >= 11 is 0. The molecule has 1 fully saturated rings. The van der Waals surface area contributed by atoms with E-state index in [0.29, 0.717) is 12.8 Å². The summed E-state index contributed by atoms with van der Waals surface area (Å²) in [5.74, 6) is -0.0770. The molecule has 0 aromatic heterocycles. The van der Waals surface area contributed by atoms with Crippen LogP contribution >= 0.6 is 0 Å². The molecule has 0 spiro atoms. The number of hydrogen-bond donors (Lipinski definition) is 1. The normalized spacial score (nSPS) is 24.4. The van der Waals surface area contributed by atoms with Crippen LogP contribution in [0.1, 0.15) is 12.8 Å². The van der Waals surface area contributed by atoms with Crippen molar-refractivity contribution in [2.24, 2.45) is 0 Å². The summed E-state index contributed by atoms with van der Waals surface area (Å²) in [6.45, 7) is -0.147. The molecule has 1 atom stereocenters. The molecule has 1 aliphatic heterocycles. The highest BCUT2D eigenvalue weighted by Crippen LogP contribution is 2.05. The van der Waals surface area contributed by atoms with E-state index in [9.17, 15) is 14.9 Å².